The Labute approximate surface area is 820 Å². The maximum Gasteiger partial charge on any atom is 0.333 e. The summed E-state index contributed by atoms with van der Waals surface area (Å²) in [6.45, 7) is 32.8. The third-order valence-corrected chi connectivity index (χ3v) is 28.8. The van der Waals surface area contributed by atoms with E-state index < -0.39 is 96.2 Å². The number of unbranched alkanes of at least 4 members (excludes halogenated alkanes) is 4. The van der Waals surface area contributed by atoms with Crippen LogP contribution >= 0.6 is 0 Å². The molecule has 2 aromatic rings. The number of likely N-dealkylation sites (tertiary alicyclic amines) is 2. The van der Waals surface area contributed by atoms with E-state index >= 15 is 0 Å². The molecule has 0 radical (unpaired) electrons. The monoisotopic (exact) mass is 1930 g/mol. The number of ether oxygens (including phenoxy) is 4. The van der Waals surface area contributed by atoms with Crippen LogP contribution in [0.4, 0.5) is 0 Å². The minimum absolute atomic E-state index is 0.00198. The standard InChI is InChI=1S/C51H80N4O10.C41H69N3O7.C14H16N2O6/c1-13-34(6)48(42(64-11)31-46(61)54-28-20-23-39(54)50(65-12)36(8)40(56)29-35(7)49(62)37-21-16-14-17-22-37)53(10)51(63)38(32(2)3)30-41(57)47(33(4)5)52(9)43(58)24-18-15-19-27-55-44(59)25-26-45(55)60;1-13-27(6)38(43(10)41(49)31(25(2)3)23-34(46)37(42-9)26(4)5)35(50-11)24-36(47)44-21-17-20-32(44)40(51-12)29(8)33(45)22-28(7)39(48)30-18-15-14-16-19-30;17-10-5-6-11(18)15(10)9-3-1-2-4-14(21)22-16-12(19)7-8-13(16)20/h14,16-17,21-22,25-26,32-36,38-39,42,47-50,62H,13,15,18-20,23-24,27-31H2,1-12H3;14-16,18-19,25-29,31-32,35,37-40,42,48H,13,17,20-24H2,1-12H3;5-6H,1-4,7-9H2/t34-,35-,36-,38-,39-,42+,47-,48-,49+,50+;27-,28-,29-,31-,32-,35+,37-,38-,39+,40+;/m00./s1. The van der Waals surface area contributed by atoms with Crippen LogP contribution < -0.4 is 5.32 Å². The summed E-state index contributed by atoms with van der Waals surface area (Å²) in [6, 6.07) is 16.1. The van der Waals surface area contributed by atoms with Crippen molar-refractivity contribution in [2.75, 3.05) is 82.8 Å². The summed E-state index contributed by atoms with van der Waals surface area (Å²) < 4.78 is 24.0. The zero-order valence-electron chi connectivity index (χ0n) is 86.9. The Kier molecular flexibility index (Phi) is 50.6. The number of hydroxylamine groups is 2. The average molecular weight is 1930 g/mol. The minimum Gasteiger partial charge on any atom is -0.388 e. The normalized spacial score (nSPS) is 19.5. The number of carbonyl (C=O) groups is 16. The number of carbonyl (C=O) groups excluding carboxylic acids is 16. The van der Waals surface area contributed by atoms with Gasteiger partial charge in [0.15, 0.2) is 11.6 Å². The lowest BCUT2D eigenvalue weighted by atomic mass is 9.83. The highest BCUT2D eigenvalue weighted by atomic mass is 16.7. The number of nitrogens with zero attached hydrogens (tertiary/aromatic N) is 8. The van der Waals surface area contributed by atoms with Crippen LogP contribution in [0.5, 0.6) is 0 Å². The molecule has 5 heterocycles. The predicted molar refractivity (Wildman–Crippen MR) is 523 cm³/mol. The lowest BCUT2D eigenvalue weighted by Gasteiger charge is -2.41. The number of imide groups is 3. The molecule has 32 nitrogen and oxygen atoms in total. The summed E-state index contributed by atoms with van der Waals surface area (Å²) >= 11 is 0. The Bertz CT molecular complexity index is 4340. The van der Waals surface area contributed by atoms with Gasteiger partial charge in [0, 0.05) is 175 Å². The van der Waals surface area contributed by atoms with Crippen molar-refractivity contribution in [2.24, 2.45) is 71.0 Å². The fraction of sp³-hybridized carbons (Fsp3) is 0.698. The van der Waals surface area contributed by atoms with Gasteiger partial charge in [-0.3, -0.25) is 81.7 Å². The van der Waals surface area contributed by atoms with E-state index in [1.54, 1.807) is 71.3 Å². The Hall–Kier alpha value is -9.44. The second-order valence-electron chi connectivity index (χ2n) is 39.9. The lowest BCUT2D eigenvalue weighted by Crippen LogP contribution is -2.54. The molecule has 20 atom stereocenters. The van der Waals surface area contributed by atoms with Crippen LogP contribution in [0, 0.1) is 71.0 Å². The first-order valence-corrected chi connectivity index (χ1v) is 50.1. The number of hydrogen-bond donors (Lipinski definition) is 3. The molecule has 3 fully saturated rings. The van der Waals surface area contributed by atoms with Gasteiger partial charge in [-0.05, 0) is 117 Å². The number of ketones is 4. The van der Waals surface area contributed by atoms with E-state index in [-0.39, 0.29) is 206 Å². The molecule has 5 aliphatic heterocycles. The molecular weight excluding hydrogens is 1770 g/mol. The van der Waals surface area contributed by atoms with Gasteiger partial charge in [0.1, 0.15) is 11.6 Å². The van der Waals surface area contributed by atoms with Gasteiger partial charge >= 0.3 is 5.97 Å². The van der Waals surface area contributed by atoms with Crippen molar-refractivity contribution in [3.05, 3.63) is 96.1 Å². The third kappa shape index (κ3) is 33.6. The van der Waals surface area contributed by atoms with Gasteiger partial charge in [-0.15, -0.1) is 5.06 Å². The molecule has 772 valence electrons. The van der Waals surface area contributed by atoms with E-state index in [9.17, 15) is 86.9 Å². The summed E-state index contributed by atoms with van der Waals surface area (Å²) in [5, 5.41) is 25.5. The second kappa shape index (κ2) is 58.7. The van der Waals surface area contributed by atoms with Crippen molar-refractivity contribution in [1.29, 1.82) is 0 Å². The van der Waals surface area contributed by atoms with Crippen LogP contribution in [0.2, 0.25) is 0 Å². The summed E-state index contributed by atoms with van der Waals surface area (Å²) in [5.74, 6) is -7.20. The van der Waals surface area contributed by atoms with Crippen LogP contribution in [0.1, 0.15) is 275 Å². The van der Waals surface area contributed by atoms with Gasteiger partial charge < -0.3 is 63.8 Å². The van der Waals surface area contributed by atoms with E-state index in [2.05, 4.69) is 19.2 Å². The highest BCUT2D eigenvalue weighted by Gasteiger charge is 2.48. The number of aliphatic hydroxyl groups excluding tert-OH is 2. The van der Waals surface area contributed by atoms with Gasteiger partial charge in [-0.1, -0.05) is 197 Å². The van der Waals surface area contributed by atoms with Crippen molar-refractivity contribution in [3.63, 3.8) is 0 Å². The molecule has 138 heavy (non-hydrogen) atoms. The van der Waals surface area contributed by atoms with E-state index in [0.29, 0.717) is 89.0 Å². The first-order chi connectivity index (χ1) is 65.2. The van der Waals surface area contributed by atoms with E-state index in [1.807, 2.05) is 162 Å². The minimum atomic E-state index is -0.792. The quantitative estimate of drug-likeness (QED) is 0.0409. The summed E-state index contributed by atoms with van der Waals surface area (Å²) in [7, 11) is 13.2. The van der Waals surface area contributed by atoms with Crippen LogP contribution in [-0.2, 0) is 100 Å². The van der Waals surface area contributed by atoms with Crippen LogP contribution in [-0.4, -0.2) is 287 Å². The number of likely N-dealkylation sites (N-methyl/N-ethyl adjacent to an activating group) is 4. The summed E-state index contributed by atoms with van der Waals surface area (Å²) in [6.07, 6.45) is 9.81. The number of nitrogens with one attached hydrogen (secondary N) is 1. The molecule has 3 N–H and O–H groups in total. The second-order valence-corrected chi connectivity index (χ2v) is 39.9. The molecule has 11 amide bonds. The number of methoxy groups -OCH3 is 4. The molecule has 0 unspecified atom stereocenters. The zero-order valence-corrected chi connectivity index (χ0v) is 86.9. The number of aliphatic hydroxyl groups is 2. The maximum absolute atomic E-state index is 14.6. The topological polar surface area (TPSA) is 398 Å². The van der Waals surface area contributed by atoms with Crippen molar-refractivity contribution in [3.8, 4) is 0 Å². The molecule has 32 heteroatoms. The Morgan fingerprint density at radius 1 is 0.435 bits per heavy atom. The SMILES string of the molecule is CC[C@H](C)[C@@H]([C@@H](CC(=O)N1CCC[C@H]1[C@H](OC)[C@@H](C)C(=O)C[C@H](C)[C@@H](O)c1ccccc1)OC)N(C)C(=O)[C@@H](CC(=O)[C@@H](NC)C(C)C)C(C)C.CC[C@H](C)[C@@H]([C@@H](CC(=O)N1CCC[C@H]1[C@H](OC)[C@@H](C)C(=O)C[C@H](C)[C@@H](O)c1ccccc1)OC)N(C)C(=O)[C@@H](CC(=O)[C@H](C(C)C)N(C)C(=O)CCCCCN1C(=O)C=CC1=O)C(C)C.O=C(CCCCCN1C(=O)C=CC1=O)ON1C(=O)CCC1=O. The molecule has 0 bridgehead atoms. The zero-order chi connectivity index (χ0) is 103. The fourth-order valence-electron chi connectivity index (χ4n) is 20.1. The van der Waals surface area contributed by atoms with Gasteiger partial charge in [0.25, 0.3) is 35.4 Å². The smallest absolute Gasteiger partial charge is 0.333 e. The molecular formula is C106H165N9O23. The Balaban J connectivity index is 0.000000406. The van der Waals surface area contributed by atoms with Gasteiger partial charge in [-0.2, -0.15) is 0 Å². The summed E-state index contributed by atoms with van der Waals surface area (Å²) in [4.78, 5) is 221. The third-order valence-electron chi connectivity index (χ3n) is 28.8. The highest BCUT2D eigenvalue weighted by molar-refractivity contribution is 6.13. The molecule has 7 rings (SSSR count). The van der Waals surface area contributed by atoms with E-state index in [1.165, 1.54) is 34.1 Å². The van der Waals surface area contributed by atoms with E-state index in [0.717, 1.165) is 35.3 Å². The van der Waals surface area contributed by atoms with Gasteiger partial charge in [0.2, 0.25) is 29.5 Å². The first kappa shape index (κ1) is 119. The highest BCUT2D eigenvalue weighted by Crippen LogP contribution is 2.37. The van der Waals surface area contributed by atoms with Crippen molar-refractivity contribution >= 4 is 94.1 Å². The molecule has 3 saturated heterocycles. The average Bonchev–Trinajstić information content (AvgIpc) is 1.28. The molecule has 0 aliphatic carbocycles. The maximum atomic E-state index is 14.6. The number of Topliss-reactive ketones (excluding diaryl/α,β-unsaturated/α-hetero) is 4. The molecule has 0 aromatic heterocycles. The summed E-state index contributed by atoms with van der Waals surface area (Å²) in [5.41, 5.74) is 1.53. The number of hydrogen-bond acceptors (Lipinski definition) is 24. The van der Waals surface area contributed by atoms with Crippen molar-refractivity contribution in [2.45, 2.75) is 325 Å². The molecule has 2 aromatic carbocycles. The predicted octanol–water partition coefficient (Wildman–Crippen LogP) is 12.2. The van der Waals surface area contributed by atoms with E-state index in [4.69, 9.17) is 23.8 Å². The number of benzene rings is 2. The van der Waals surface area contributed by atoms with Crippen LogP contribution in [0.3, 0.4) is 0 Å². The Morgan fingerprint density at radius 3 is 1.14 bits per heavy atom. The van der Waals surface area contributed by atoms with Crippen LogP contribution in [0.15, 0.2) is 85.0 Å². The lowest BCUT2D eigenvalue weighted by molar-refractivity contribution is -0.197. The largest absolute Gasteiger partial charge is 0.388 e. The van der Waals surface area contributed by atoms with Crippen molar-refractivity contribution < 1.29 is 111 Å². The number of rotatable bonds is 57. The Morgan fingerprint density at radius 2 is 0.804 bits per heavy atom. The first-order valence-electron chi connectivity index (χ1n) is 50.1. The van der Waals surface area contributed by atoms with Crippen LogP contribution in [0.25, 0.3) is 0 Å². The van der Waals surface area contributed by atoms with Gasteiger partial charge in [-0.25, -0.2) is 4.79 Å². The van der Waals surface area contributed by atoms with Gasteiger partial charge in [0.05, 0.1) is 85.7 Å². The molecule has 5 aliphatic rings. The number of amides is 11. The van der Waals surface area contributed by atoms with Crippen molar-refractivity contribution in [1.82, 2.24) is 44.7 Å². The molecule has 0 spiro atoms. The fourth-order valence-corrected chi connectivity index (χ4v) is 20.1. The molecule has 0 saturated carbocycles.